The van der Waals surface area contributed by atoms with Crippen molar-refractivity contribution in [3.63, 3.8) is 0 Å². The Morgan fingerprint density at radius 2 is 1.77 bits per heavy atom. The number of allylic oxidation sites excluding steroid dienone is 4. The van der Waals surface area contributed by atoms with Gasteiger partial charge in [0.05, 0.1) is 0 Å². The largest absolute Gasteiger partial charge is 0.396 e. The lowest BCUT2D eigenvalue weighted by molar-refractivity contribution is 0.287. The van der Waals surface area contributed by atoms with Gasteiger partial charge in [-0.2, -0.15) is 0 Å². The minimum Gasteiger partial charge on any atom is -0.396 e. The van der Waals surface area contributed by atoms with Crippen LogP contribution in [-0.2, 0) is 0 Å². The second-order valence-electron chi connectivity index (χ2n) is 4.01. The van der Waals surface area contributed by atoms with Gasteiger partial charge in [-0.3, -0.25) is 0 Å². The molecule has 0 amide bonds. The average Bonchev–Trinajstić information content (AvgIpc) is 2.30. The van der Waals surface area contributed by atoms with Crippen molar-refractivity contribution >= 4 is 0 Å². The highest BCUT2D eigenvalue weighted by Crippen LogP contribution is 2.38. The molecule has 1 N–H and O–H groups in total. The fraction of sp³-hybridized carbons (Fsp3) is 0.667. The summed E-state index contributed by atoms with van der Waals surface area (Å²) in [6.45, 7) is 9.20. The zero-order valence-electron chi connectivity index (χ0n) is 9.15. The number of aliphatic hydroxyl groups is 1. The summed E-state index contributed by atoms with van der Waals surface area (Å²) >= 11 is 0. The van der Waals surface area contributed by atoms with Gasteiger partial charge in [0.1, 0.15) is 0 Å². The molecule has 0 fully saturated rings. The van der Waals surface area contributed by atoms with Gasteiger partial charge < -0.3 is 5.11 Å². The molecule has 0 aromatic carbocycles. The van der Waals surface area contributed by atoms with Crippen LogP contribution in [0.15, 0.2) is 22.3 Å². The van der Waals surface area contributed by atoms with Gasteiger partial charge in [-0.05, 0) is 50.7 Å². The summed E-state index contributed by atoms with van der Waals surface area (Å²) in [5.41, 5.74) is 5.95. The molecule has 1 heteroatoms. The zero-order valence-corrected chi connectivity index (χ0v) is 9.15. The van der Waals surface area contributed by atoms with Crippen molar-refractivity contribution in [2.75, 3.05) is 6.61 Å². The van der Waals surface area contributed by atoms with Gasteiger partial charge >= 0.3 is 0 Å². The Morgan fingerprint density at radius 3 is 2.15 bits per heavy atom. The summed E-state index contributed by atoms with van der Waals surface area (Å²) in [6.07, 6.45) is 1.95. The van der Waals surface area contributed by atoms with E-state index in [0.717, 1.165) is 12.8 Å². The van der Waals surface area contributed by atoms with Crippen molar-refractivity contribution in [1.29, 1.82) is 0 Å². The SMILES string of the molecule is CC1=C(C)C(C)C(CCCO)=C1C. The van der Waals surface area contributed by atoms with Crippen LogP contribution in [0.3, 0.4) is 0 Å². The average molecular weight is 180 g/mol. The number of hydrogen-bond acceptors (Lipinski definition) is 1. The predicted molar refractivity (Wildman–Crippen MR) is 56.6 cm³/mol. The number of hydrogen-bond donors (Lipinski definition) is 1. The normalized spacial score (nSPS) is 23.3. The Balaban J connectivity index is 2.78. The molecule has 0 radical (unpaired) electrons. The summed E-state index contributed by atoms with van der Waals surface area (Å²) in [7, 11) is 0. The van der Waals surface area contributed by atoms with E-state index in [1.165, 1.54) is 22.3 Å². The molecule has 74 valence electrons. The third kappa shape index (κ3) is 1.86. The van der Waals surface area contributed by atoms with Crippen molar-refractivity contribution in [2.45, 2.75) is 40.5 Å². The third-order valence-corrected chi connectivity index (χ3v) is 3.41. The second kappa shape index (κ2) is 4.10. The lowest BCUT2D eigenvalue weighted by Crippen LogP contribution is -1.98. The highest BCUT2D eigenvalue weighted by Gasteiger charge is 2.22. The van der Waals surface area contributed by atoms with Crippen molar-refractivity contribution in [1.82, 2.24) is 0 Å². The molecule has 0 saturated carbocycles. The maximum Gasteiger partial charge on any atom is 0.0434 e. The molecule has 0 bridgehead atoms. The van der Waals surface area contributed by atoms with Crippen LogP contribution < -0.4 is 0 Å². The van der Waals surface area contributed by atoms with Crippen molar-refractivity contribution in [3.8, 4) is 0 Å². The van der Waals surface area contributed by atoms with E-state index in [1.54, 1.807) is 0 Å². The monoisotopic (exact) mass is 180 g/mol. The topological polar surface area (TPSA) is 20.2 Å². The van der Waals surface area contributed by atoms with E-state index in [4.69, 9.17) is 5.11 Å². The minimum atomic E-state index is 0.307. The fourth-order valence-corrected chi connectivity index (χ4v) is 2.12. The summed E-state index contributed by atoms with van der Waals surface area (Å²) in [6, 6.07) is 0. The van der Waals surface area contributed by atoms with Crippen LogP contribution in [0.2, 0.25) is 0 Å². The molecule has 0 aromatic heterocycles. The Bertz CT molecular complexity index is 258. The lowest BCUT2D eigenvalue weighted by atomic mass is 9.94. The van der Waals surface area contributed by atoms with Crippen LogP contribution in [0.25, 0.3) is 0 Å². The maximum absolute atomic E-state index is 8.79. The van der Waals surface area contributed by atoms with E-state index in [2.05, 4.69) is 27.7 Å². The molecule has 0 aromatic rings. The van der Waals surface area contributed by atoms with E-state index in [0.29, 0.717) is 12.5 Å². The standard InChI is InChI=1S/C12H20O/c1-8-9(2)11(4)12(10(8)3)6-5-7-13/h10,13H,5-7H2,1-4H3. The predicted octanol–water partition coefficient (Wildman–Crippen LogP) is 3.06. The van der Waals surface area contributed by atoms with Crippen LogP contribution in [0.4, 0.5) is 0 Å². The summed E-state index contributed by atoms with van der Waals surface area (Å²) in [4.78, 5) is 0. The smallest absolute Gasteiger partial charge is 0.0434 e. The van der Waals surface area contributed by atoms with E-state index < -0.39 is 0 Å². The van der Waals surface area contributed by atoms with Crippen LogP contribution in [0, 0.1) is 5.92 Å². The van der Waals surface area contributed by atoms with Gasteiger partial charge in [0.2, 0.25) is 0 Å². The van der Waals surface area contributed by atoms with Gasteiger partial charge in [0.15, 0.2) is 0 Å². The number of rotatable bonds is 3. The molecule has 1 atom stereocenters. The lowest BCUT2D eigenvalue weighted by Gasteiger charge is -2.11. The fourth-order valence-electron chi connectivity index (χ4n) is 2.12. The first-order chi connectivity index (χ1) is 6.09. The van der Waals surface area contributed by atoms with Crippen molar-refractivity contribution in [2.24, 2.45) is 5.92 Å². The Kier molecular flexibility index (Phi) is 3.32. The first kappa shape index (κ1) is 10.5. The van der Waals surface area contributed by atoms with Gasteiger partial charge in [-0.15, -0.1) is 0 Å². The Hall–Kier alpha value is -0.560. The molecule has 1 aliphatic rings. The quantitative estimate of drug-likeness (QED) is 0.707. The molecule has 1 nitrogen and oxygen atoms in total. The van der Waals surface area contributed by atoms with Gasteiger partial charge in [-0.25, -0.2) is 0 Å². The van der Waals surface area contributed by atoms with Crippen molar-refractivity contribution < 1.29 is 5.11 Å². The Labute approximate surface area is 81.2 Å². The summed E-state index contributed by atoms with van der Waals surface area (Å²) in [5, 5.41) is 8.79. The molecule has 0 saturated heterocycles. The van der Waals surface area contributed by atoms with Gasteiger partial charge in [-0.1, -0.05) is 18.1 Å². The van der Waals surface area contributed by atoms with Crippen LogP contribution in [0.1, 0.15) is 40.5 Å². The third-order valence-electron chi connectivity index (χ3n) is 3.41. The molecule has 13 heavy (non-hydrogen) atoms. The highest BCUT2D eigenvalue weighted by molar-refractivity contribution is 5.46. The molecular weight excluding hydrogens is 160 g/mol. The van der Waals surface area contributed by atoms with Crippen molar-refractivity contribution in [3.05, 3.63) is 22.3 Å². The van der Waals surface area contributed by atoms with Crippen LogP contribution in [0.5, 0.6) is 0 Å². The van der Waals surface area contributed by atoms with Gasteiger partial charge in [0.25, 0.3) is 0 Å². The van der Waals surface area contributed by atoms with Crippen LogP contribution in [-0.4, -0.2) is 11.7 Å². The maximum atomic E-state index is 8.79. The first-order valence-corrected chi connectivity index (χ1v) is 5.07. The molecule has 1 unspecified atom stereocenters. The van der Waals surface area contributed by atoms with E-state index in [9.17, 15) is 0 Å². The minimum absolute atomic E-state index is 0.307. The molecular formula is C12H20O. The molecule has 0 aliphatic heterocycles. The first-order valence-electron chi connectivity index (χ1n) is 5.07. The van der Waals surface area contributed by atoms with E-state index in [1.807, 2.05) is 0 Å². The van der Waals surface area contributed by atoms with E-state index >= 15 is 0 Å². The van der Waals surface area contributed by atoms with Gasteiger partial charge in [0, 0.05) is 6.61 Å². The molecule has 1 rings (SSSR count). The summed E-state index contributed by atoms with van der Waals surface area (Å²) in [5.74, 6) is 0.603. The molecule has 0 heterocycles. The number of aliphatic hydroxyl groups excluding tert-OH is 1. The zero-order chi connectivity index (χ0) is 10.0. The molecule has 1 aliphatic carbocycles. The Morgan fingerprint density at radius 1 is 1.15 bits per heavy atom. The van der Waals surface area contributed by atoms with E-state index in [-0.39, 0.29) is 0 Å². The second-order valence-corrected chi connectivity index (χ2v) is 4.01. The highest BCUT2D eigenvalue weighted by atomic mass is 16.2. The molecule has 0 spiro atoms. The summed E-state index contributed by atoms with van der Waals surface area (Å²) < 4.78 is 0. The van der Waals surface area contributed by atoms with Crippen LogP contribution >= 0.6 is 0 Å².